The van der Waals surface area contributed by atoms with Gasteiger partial charge in [-0.25, -0.2) is 0 Å². The van der Waals surface area contributed by atoms with Crippen LogP contribution in [0.3, 0.4) is 0 Å². The average Bonchev–Trinajstić information content (AvgIpc) is 0. The standard InChI is InChI=1S/4BrH.H2Se.Zn/h4*1H;1H2;/q;;;;;+2/p-2. The van der Waals surface area contributed by atoms with Crippen molar-refractivity contribution in [1.82, 2.24) is 0 Å². The molecule has 0 bridgehead atoms. The van der Waals surface area contributed by atoms with E-state index in [0.29, 0.717) is 0 Å². The van der Waals surface area contributed by atoms with Crippen LogP contribution in [0.2, 0.25) is 0 Å². The normalized spacial score (nSPS) is 0. The molecule has 0 nitrogen and oxygen atoms in total. The molecule has 0 N–H and O–H groups in total. The van der Waals surface area contributed by atoms with E-state index in [1.54, 1.807) is 0 Å². The summed E-state index contributed by atoms with van der Waals surface area (Å²) in [4.78, 5) is 0. The van der Waals surface area contributed by atoms with Gasteiger partial charge in [-0.1, -0.05) is 0 Å². The molecule has 0 saturated heterocycles. The molecule has 0 radical (unpaired) electrons. The zero-order valence-electron chi connectivity index (χ0n) is 2.78. The fourth-order valence-corrected chi connectivity index (χ4v) is 0. The summed E-state index contributed by atoms with van der Waals surface area (Å²) >= 11 is 0. The summed E-state index contributed by atoms with van der Waals surface area (Å²) in [5, 5.41) is 0. The number of hydrogen-bond acceptors (Lipinski definition) is 0. The van der Waals surface area contributed by atoms with Crippen molar-refractivity contribution in [2.75, 3.05) is 0 Å². The zero-order chi connectivity index (χ0) is 0. The van der Waals surface area contributed by atoms with E-state index >= 15 is 0 Å². The Balaban J connectivity index is 0. The molecule has 0 rings (SSSR count). The summed E-state index contributed by atoms with van der Waals surface area (Å²) < 4.78 is 0. The van der Waals surface area contributed by atoms with Gasteiger partial charge in [0, 0.05) is 0 Å². The van der Waals surface area contributed by atoms with Crippen LogP contribution in [-0.2, 0) is 19.5 Å². The Labute approximate surface area is 103 Å². The molecule has 0 aromatic rings. The van der Waals surface area contributed by atoms with Crippen molar-refractivity contribution in [1.29, 1.82) is 0 Å². The molecule has 0 saturated carbocycles. The van der Waals surface area contributed by atoms with Crippen LogP contribution in [0, 0.1) is 0 Å². The van der Waals surface area contributed by atoms with Gasteiger partial charge in [-0.15, -0.1) is 34.0 Å². The van der Waals surface area contributed by atoms with Gasteiger partial charge in [0.25, 0.3) is 0 Å². The molecule has 0 amide bonds. The van der Waals surface area contributed by atoms with Gasteiger partial charge < -0.3 is 34.0 Å². The van der Waals surface area contributed by atoms with Gasteiger partial charge in [0.05, 0.1) is 0 Å². The van der Waals surface area contributed by atoms with E-state index in [-0.39, 0.29) is 104 Å². The van der Waals surface area contributed by atoms with Crippen molar-refractivity contribution in [3.63, 3.8) is 0 Å². The van der Waals surface area contributed by atoms with E-state index in [2.05, 4.69) is 0 Å². The molecule has 0 atom stereocenters. The van der Waals surface area contributed by atoms with Crippen LogP contribution >= 0.6 is 34.0 Å². The van der Waals surface area contributed by atoms with Crippen LogP contribution in [0.4, 0.5) is 0 Å². The van der Waals surface area contributed by atoms with Crippen molar-refractivity contribution in [2.24, 2.45) is 0 Å². The van der Waals surface area contributed by atoms with Crippen molar-refractivity contribution in [2.45, 2.75) is 0 Å². The Kier molecular flexibility index (Phi) is 449. The predicted octanol–water partition coefficient (Wildman–Crippen LogP) is -5.75. The largest absolute Gasteiger partial charge is 2.00 e. The summed E-state index contributed by atoms with van der Waals surface area (Å²) in [6, 6.07) is 0. The molecule has 0 aliphatic heterocycles. The van der Waals surface area contributed by atoms with Gasteiger partial charge in [-0.2, -0.15) is 0 Å². The second-order valence-electron chi connectivity index (χ2n) is 0. The zero-order valence-corrected chi connectivity index (χ0v) is 14.4. The molecule has 0 aliphatic rings. The van der Waals surface area contributed by atoms with Crippen LogP contribution in [0.15, 0.2) is 0 Å². The third-order valence-electron chi connectivity index (χ3n) is 0. The van der Waals surface area contributed by atoms with E-state index in [4.69, 9.17) is 0 Å². The fourth-order valence-electron chi connectivity index (χ4n) is 0. The molecule has 0 unspecified atom stereocenters. The maximum atomic E-state index is 0. The van der Waals surface area contributed by atoms with Crippen LogP contribution in [0.25, 0.3) is 0 Å². The summed E-state index contributed by atoms with van der Waals surface area (Å²) in [6.45, 7) is 0. The first kappa shape index (κ1) is 62.8. The molecule has 0 aromatic carbocycles. The molecule has 40 valence electrons. The first-order valence-corrected chi connectivity index (χ1v) is 0. The first-order valence-electron chi connectivity index (χ1n) is 0. The van der Waals surface area contributed by atoms with Gasteiger partial charge in [0.2, 0.25) is 0 Å². The monoisotopic (exact) mass is 464 g/mol. The molecular weight excluding hydrogens is 464 g/mol. The number of hydrogen-bond donors (Lipinski definition) is 0. The minimum Gasteiger partial charge on any atom is 2.00 e. The average molecular weight is 468 g/mol. The molecule has 6 heavy (non-hydrogen) atoms. The van der Waals surface area contributed by atoms with Crippen LogP contribution in [0.1, 0.15) is 0 Å². The summed E-state index contributed by atoms with van der Waals surface area (Å²) in [7, 11) is 0. The van der Waals surface area contributed by atoms with E-state index in [1.807, 2.05) is 0 Å². The second kappa shape index (κ2) is 42.9. The summed E-state index contributed by atoms with van der Waals surface area (Å²) in [5.74, 6) is 0. The molecule has 6 heteroatoms. The molecular formula is H4Br4SeZn. The van der Waals surface area contributed by atoms with E-state index in [1.165, 1.54) is 0 Å². The second-order valence-corrected chi connectivity index (χ2v) is 0. The Bertz CT molecular complexity index is 7.51. The van der Waals surface area contributed by atoms with Crippen molar-refractivity contribution < 1.29 is 53.4 Å². The van der Waals surface area contributed by atoms with Gasteiger partial charge >= 0.3 is 36.5 Å². The summed E-state index contributed by atoms with van der Waals surface area (Å²) in [6.07, 6.45) is 0. The smallest absolute Gasteiger partial charge is 2.00 e. The quantitative estimate of drug-likeness (QED) is 0.312. The predicted molar refractivity (Wildman–Crippen MR) is 29.2 cm³/mol. The molecule has 0 fully saturated rings. The molecule has 0 aromatic heterocycles. The number of rotatable bonds is 0. The minimum atomic E-state index is 0. The maximum absolute atomic E-state index is 0. The van der Waals surface area contributed by atoms with E-state index < -0.39 is 0 Å². The van der Waals surface area contributed by atoms with Gasteiger partial charge in [0.15, 0.2) is 0 Å². The van der Waals surface area contributed by atoms with Gasteiger partial charge in [0.1, 0.15) is 0 Å². The Morgan fingerprint density at radius 3 is 0.667 bits per heavy atom. The van der Waals surface area contributed by atoms with Gasteiger partial charge in [-0.05, 0) is 0 Å². The van der Waals surface area contributed by atoms with Crippen molar-refractivity contribution >= 4 is 51.0 Å². The third-order valence-corrected chi connectivity index (χ3v) is 0. The fraction of sp³-hybridized carbons (Fsp3) is 0. The maximum Gasteiger partial charge on any atom is 2.00 e. The SMILES string of the molecule is Br.Br.[Br-].[Br-].[SeH2].[Zn+2]. The minimum absolute atomic E-state index is 0. The van der Waals surface area contributed by atoms with Crippen LogP contribution in [-0.4, -0.2) is 17.1 Å². The van der Waals surface area contributed by atoms with Crippen molar-refractivity contribution in [3.05, 3.63) is 0 Å². The number of halogens is 4. The Morgan fingerprint density at radius 1 is 0.667 bits per heavy atom. The Morgan fingerprint density at radius 2 is 0.667 bits per heavy atom. The van der Waals surface area contributed by atoms with Crippen LogP contribution < -0.4 is 34.0 Å². The van der Waals surface area contributed by atoms with Crippen LogP contribution in [0.5, 0.6) is 0 Å². The van der Waals surface area contributed by atoms with E-state index in [9.17, 15) is 0 Å². The molecule has 0 heterocycles. The third kappa shape index (κ3) is 27.7. The summed E-state index contributed by atoms with van der Waals surface area (Å²) in [5.41, 5.74) is 0. The molecule has 0 spiro atoms. The van der Waals surface area contributed by atoms with Crippen molar-refractivity contribution in [3.8, 4) is 0 Å². The molecule has 0 aliphatic carbocycles. The Hall–Kier alpha value is 3.06. The van der Waals surface area contributed by atoms with Gasteiger partial charge in [-0.3, -0.25) is 0 Å². The first-order chi connectivity index (χ1) is 0. The topological polar surface area (TPSA) is 0 Å². The van der Waals surface area contributed by atoms with E-state index in [0.717, 1.165) is 0 Å².